The van der Waals surface area contributed by atoms with E-state index in [0.717, 1.165) is 0 Å². The number of ether oxygens (including phenoxy) is 2. The SMILES string of the molecule is CC[C@@H]1C[C@@H](C)CCC=C[C@@H]2C[C@@]2(C(=O)NS(=O)(=O)C2(CO)CC2)NC(=O)[C@@H]2C[C@@H](Oc3nccc4cc(OC)c(F)cc34)CN2C(=O)[C@H]1NC(=O)O. The summed E-state index contributed by atoms with van der Waals surface area (Å²) in [6.45, 7) is 3.04. The number of sulfonamides is 1. The van der Waals surface area contributed by atoms with Crippen LogP contribution in [0.5, 0.6) is 11.6 Å². The standard InChI is InChI=1S/C36H46FN5O10S/c1-4-21-13-20(2)7-5-6-8-23-17-36(23,33(46)41-53(49,50)35(19-43)10-11-35)40-30(44)27-15-24(18-42(27)32(45)29(21)39-34(47)48)52-31-25-16-26(37)28(51-3)14-22(25)9-12-38-31/h6,8-9,12,14,16,20-21,23-24,27,29,39,43H,4-5,7,10-11,13,15,17-19H2,1-3H3,(H,40,44)(H,41,46)(H,47,48)/t20-,21+,23+,24+,27-,29-,36+/m0/s1. The van der Waals surface area contributed by atoms with Gasteiger partial charge >= 0.3 is 6.09 Å². The predicted octanol–water partition coefficient (Wildman–Crippen LogP) is 2.62. The number of carboxylic acid groups (broad SMARTS) is 1. The van der Waals surface area contributed by atoms with Crippen molar-refractivity contribution in [1.82, 2.24) is 25.2 Å². The number of pyridine rings is 1. The minimum Gasteiger partial charge on any atom is -0.494 e. The first-order valence-corrected chi connectivity index (χ1v) is 19.4. The number of aliphatic hydroxyl groups excluding tert-OH is 1. The van der Waals surface area contributed by atoms with E-state index in [-0.39, 0.29) is 49.8 Å². The first kappa shape index (κ1) is 38.2. The number of fused-ring (bicyclic) bond motifs is 3. The Hall–Kier alpha value is -4.51. The first-order chi connectivity index (χ1) is 25.2. The molecule has 288 valence electrons. The molecule has 2 aliphatic carbocycles. The molecule has 2 saturated carbocycles. The second-order valence-electron chi connectivity index (χ2n) is 14.8. The van der Waals surface area contributed by atoms with Gasteiger partial charge in [-0.25, -0.2) is 22.6 Å². The van der Waals surface area contributed by atoms with Gasteiger partial charge in [-0.2, -0.15) is 0 Å². The molecule has 15 nitrogen and oxygen atoms in total. The minimum atomic E-state index is -4.29. The van der Waals surface area contributed by atoms with Gasteiger partial charge in [0.15, 0.2) is 11.6 Å². The molecule has 4 aliphatic rings. The summed E-state index contributed by atoms with van der Waals surface area (Å²) < 4.78 is 53.1. The summed E-state index contributed by atoms with van der Waals surface area (Å²) in [5, 5.41) is 25.6. The Labute approximate surface area is 306 Å². The van der Waals surface area contributed by atoms with E-state index in [0.29, 0.717) is 36.5 Å². The summed E-state index contributed by atoms with van der Waals surface area (Å²) in [4.78, 5) is 60.2. The highest BCUT2D eigenvalue weighted by Gasteiger charge is 2.64. The highest BCUT2D eigenvalue weighted by molar-refractivity contribution is 7.91. The zero-order chi connectivity index (χ0) is 38.3. The lowest BCUT2D eigenvalue weighted by atomic mass is 9.85. The zero-order valence-corrected chi connectivity index (χ0v) is 30.7. The van der Waals surface area contributed by atoms with Crippen LogP contribution in [0.4, 0.5) is 9.18 Å². The smallest absolute Gasteiger partial charge is 0.405 e. The lowest BCUT2D eigenvalue weighted by molar-refractivity contribution is -0.142. The van der Waals surface area contributed by atoms with Crippen LogP contribution in [-0.2, 0) is 24.4 Å². The third kappa shape index (κ3) is 7.50. The number of halogens is 1. The van der Waals surface area contributed by atoms with Crippen molar-refractivity contribution in [2.75, 3.05) is 20.3 Å². The van der Waals surface area contributed by atoms with Crippen LogP contribution in [0.1, 0.15) is 65.2 Å². The molecule has 3 fully saturated rings. The van der Waals surface area contributed by atoms with Crippen LogP contribution in [0.2, 0.25) is 0 Å². The van der Waals surface area contributed by atoms with Crippen LogP contribution in [0.3, 0.4) is 0 Å². The molecule has 3 heterocycles. The predicted molar refractivity (Wildman–Crippen MR) is 189 cm³/mol. The van der Waals surface area contributed by atoms with Crippen molar-refractivity contribution in [3.8, 4) is 11.6 Å². The molecule has 4 amide bonds. The van der Waals surface area contributed by atoms with Crippen molar-refractivity contribution in [2.24, 2.45) is 17.8 Å². The van der Waals surface area contributed by atoms with Gasteiger partial charge in [0, 0.05) is 23.9 Å². The number of hydrogen-bond donors (Lipinski definition) is 5. The van der Waals surface area contributed by atoms with Crippen molar-refractivity contribution >= 4 is 44.6 Å². The number of rotatable bonds is 9. The number of aliphatic hydroxyl groups is 1. The molecule has 6 rings (SSSR count). The lowest BCUT2D eigenvalue weighted by Crippen LogP contribution is -2.59. The number of allylic oxidation sites excluding steroid dienone is 1. The summed E-state index contributed by atoms with van der Waals surface area (Å²) in [6, 6.07) is 1.86. The van der Waals surface area contributed by atoms with Crippen LogP contribution in [0, 0.1) is 23.6 Å². The molecule has 0 unspecified atom stereocenters. The van der Waals surface area contributed by atoms with Gasteiger partial charge in [-0.3, -0.25) is 19.1 Å². The highest BCUT2D eigenvalue weighted by Crippen LogP contribution is 2.48. The van der Waals surface area contributed by atoms with Gasteiger partial charge in [-0.05, 0) is 73.9 Å². The number of benzene rings is 1. The molecule has 2 aromatic rings. The normalized spacial score (nSPS) is 29.9. The Morgan fingerprint density at radius 1 is 1.21 bits per heavy atom. The van der Waals surface area contributed by atoms with Crippen LogP contribution in [0.15, 0.2) is 36.5 Å². The third-order valence-electron chi connectivity index (χ3n) is 11.2. The summed E-state index contributed by atoms with van der Waals surface area (Å²) in [5.41, 5.74) is -1.66. The molecule has 7 atom stereocenters. The quantitative estimate of drug-likeness (QED) is 0.235. The van der Waals surface area contributed by atoms with Gasteiger partial charge in [-0.15, -0.1) is 0 Å². The maximum absolute atomic E-state index is 14.8. The van der Waals surface area contributed by atoms with Crippen molar-refractivity contribution < 1.29 is 51.7 Å². The summed E-state index contributed by atoms with van der Waals surface area (Å²) >= 11 is 0. The number of nitrogens with one attached hydrogen (secondary N) is 3. The van der Waals surface area contributed by atoms with Crippen LogP contribution < -0.4 is 24.8 Å². The average molecular weight is 760 g/mol. The molecule has 0 spiro atoms. The molecule has 2 aliphatic heterocycles. The second-order valence-corrected chi connectivity index (χ2v) is 16.9. The Balaban J connectivity index is 1.35. The van der Waals surface area contributed by atoms with E-state index >= 15 is 0 Å². The first-order valence-electron chi connectivity index (χ1n) is 17.9. The van der Waals surface area contributed by atoms with Crippen LogP contribution in [-0.4, -0.2) is 101 Å². The van der Waals surface area contributed by atoms with E-state index in [4.69, 9.17) is 9.47 Å². The van der Waals surface area contributed by atoms with E-state index in [2.05, 4.69) is 20.3 Å². The van der Waals surface area contributed by atoms with Gasteiger partial charge < -0.3 is 35.2 Å². The third-order valence-corrected chi connectivity index (χ3v) is 13.4. The molecule has 1 aromatic heterocycles. The van der Waals surface area contributed by atoms with E-state index in [1.165, 1.54) is 30.3 Å². The van der Waals surface area contributed by atoms with Crippen molar-refractivity contribution in [3.63, 3.8) is 0 Å². The number of carbonyl (C=O) groups is 4. The van der Waals surface area contributed by atoms with Crippen LogP contribution in [0.25, 0.3) is 10.8 Å². The fourth-order valence-corrected chi connectivity index (χ4v) is 9.15. The number of nitrogens with zero attached hydrogens (tertiary/aromatic N) is 2. The second kappa shape index (κ2) is 14.7. The number of methoxy groups -OCH3 is 1. The Morgan fingerprint density at radius 3 is 2.62 bits per heavy atom. The topological polar surface area (TPSA) is 214 Å². The van der Waals surface area contributed by atoms with E-state index in [1.807, 2.05) is 19.9 Å². The van der Waals surface area contributed by atoms with Crippen molar-refractivity contribution in [3.05, 3.63) is 42.4 Å². The number of carbonyl (C=O) groups excluding carboxylic acids is 3. The van der Waals surface area contributed by atoms with E-state index in [1.54, 1.807) is 12.1 Å². The molecular formula is C36H46FN5O10S. The largest absolute Gasteiger partial charge is 0.494 e. The van der Waals surface area contributed by atoms with E-state index in [9.17, 15) is 42.2 Å². The Morgan fingerprint density at radius 2 is 1.96 bits per heavy atom. The molecule has 0 radical (unpaired) electrons. The number of aromatic nitrogens is 1. The summed E-state index contributed by atoms with van der Waals surface area (Å²) in [5.74, 6) is -3.86. The molecule has 0 bridgehead atoms. The van der Waals surface area contributed by atoms with Crippen molar-refractivity contribution in [1.29, 1.82) is 0 Å². The number of hydrogen-bond acceptors (Lipinski definition) is 10. The summed E-state index contributed by atoms with van der Waals surface area (Å²) in [6.07, 6.45) is 5.47. The molecule has 1 saturated heterocycles. The molecule has 53 heavy (non-hydrogen) atoms. The molecule has 17 heteroatoms. The van der Waals surface area contributed by atoms with Gasteiger partial charge in [0.05, 0.1) is 20.3 Å². The fraction of sp³-hybridized carbons (Fsp3) is 0.583. The highest BCUT2D eigenvalue weighted by atomic mass is 32.2. The Kier molecular flexibility index (Phi) is 10.6. The van der Waals surface area contributed by atoms with Gasteiger partial charge in [0.2, 0.25) is 27.7 Å². The van der Waals surface area contributed by atoms with Crippen molar-refractivity contribution in [2.45, 2.75) is 93.7 Å². The maximum atomic E-state index is 14.8. The molecule has 1 aromatic carbocycles. The summed E-state index contributed by atoms with van der Waals surface area (Å²) in [7, 11) is -2.95. The fourth-order valence-electron chi connectivity index (χ4n) is 7.70. The monoisotopic (exact) mass is 759 g/mol. The average Bonchev–Trinajstić information content (AvgIpc) is 4.02. The minimum absolute atomic E-state index is 0.0168. The van der Waals surface area contributed by atoms with Gasteiger partial charge in [-0.1, -0.05) is 32.4 Å². The van der Waals surface area contributed by atoms with Crippen LogP contribution >= 0.6 is 0 Å². The van der Waals surface area contributed by atoms with Gasteiger partial charge in [0.25, 0.3) is 5.91 Å². The van der Waals surface area contributed by atoms with E-state index < -0.39 is 86.6 Å². The molecular weight excluding hydrogens is 713 g/mol. The lowest BCUT2D eigenvalue weighted by Gasteiger charge is -2.33. The molecule has 5 N–H and O–H groups in total. The van der Waals surface area contributed by atoms with Gasteiger partial charge in [0.1, 0.15) is 28.5 Å². The maximum Gasteiger partial charge on any atom is 0.405 e. The number of amides is 4. The zero-order valence-electron chi connectivity index (χ0n) is 29.8. The Bertz CT molecular complexity index is 1920.